The van der Waals surface area contributed by atoms with E-state index in [0.717, 1.165) is 18.8 Å². The number of rotatable bonds is 11. The van der Waals surface area contributed by atoms with Gasteiger partial charge in [0, 0.05) is 45.7 Å². The second-order valence-corrected chi connectivity index (χ2v) is 5.59. The zero-order valence-electron chi connectivity index (χ0n) is 13.9. The second-order valence-electron chi connectivity index (χ2n) is 5.59. The Morgan fingerprint density at radius 2 is 2.22 bits per heavy atom. The van der Waals surface area contributed by atoms with E-state index in [-0.39, 0.29) is 6.61 Å². The van der Waals surface area contributed by atoms with Gasteiger partial charge in [-0.2, -0.15) is 0 Å². The van der Waals surface area contributed by atoms with Crippen molar-refractivity contribution in [1.82, 2.24) is 9.47 Å². The van der Waals surface area contributed by atoms with Crippen LogP contribution >= 0.6 is 0 Å². The van der Waals surface area contributed by atoms with Gasteiger partial charge >= 0.3 is 0 Å². The summed E-state index contributed by atoms with van der Waals surface area (Å²) in [4.78, 5) is 2.17. The molecule has 0 spiro atoms. The highest BCUT2D eigenvalue weighted by molar-refractivity contribution is 5.06. The van der Waals surface area contributed by atoms with Gasteiger partial charge in [-0.05, 0) is 24.3 Å². The molecule has 0 radical (unpaired) electrons. The smallest absolute Gasteiger partial charge is 0.129 e. The second kappa shape index (κ2) is 9.52. The Morgan fingerprint density at radius 1 is 1.35 bits per heavy atom. The Bertz CT molecular complexity index is 539. The highest BCUT2D eigenvalue weighted by Crippen LogP contribution is 2.07. The van der Waals surface area contributed by atoms with Gasteiger partial charge < -0.3 is 23.6 Å². The first-order valence-corrected chi connectivity index (χ1v) is 7.78. The molecule has 1 N–H and O–H groups in total. The van der Waals surface area contributed by atoms with Crippen LogP contribution in [0.1, 0.15) is 11.5 Å². The van der Waals surface area contributed by atoms with Crippen molar-refractivity contribution in [1.29, 1.82) is 0 Å². The molecule has 0 aliphatic rings. The maximum Gasteiger partial charge on any atom is 0.129 e. The van der Waals surface area contributed by atoms with Crippen LogP contribution in [-0.2, 0) is 29.7 Å². The molecule has 0 fully saturated rings. The largest absolute Gasteiger partial charge is 0.467 e. The quantitative estimate of drug-likeness (QED) is 0.681. The number of nitrogens with zero attached hydrogens (tertiary/aromatic N) is 2. The number of furan rings is 1. The van der Waals surface area contributed by atoms with Crippen molar-refractivity contribution in [3.05, 3.63) is 48.2 Å². The minimum absolute atomic E-state index is 0.275. The summed E-state index contributed by atoms with van der Waals surface area (Å²) in [6, 6.07) is 7.78. The van der Waals surface area contributed by atoms with E-state index in [1.807, 2.05) is 31.4 Å². The summed E-state index contributed by atoms with van der Waals surface area (Å²) < 4.78 is 17.9. The number of methoxy groups -OCH3 is 1. The van der Waals surface area contributed by atoms with Crippen LogP contribution < -0.4 is 0 Å². The van der Waals surface area contributed by atoms with Crippen molar-refractivity contribution in [3.63, 3.8) is 0 Å². The molecule has 2 aromatic heterocycles. The van der Waals surface area contributed by atoms with E-state index in [1.165, 1.54) is 5.69 Å². The third-order valence-electron chi connectivity index (χ3n) is 3.65. The van der Waals surface area contributed by atoms with Crippen molar-refractivity contribution in [2.45, 2.75) is 19.3 Å². The lowest BCUT2D eigenvalue weighted by Crippen LogP contribution is -2.37. The lowest BCUT2D eigenvalue weighted by molar-refractivity contribution is 0.000177. The highest BCUT2D eigenvalue weighted by atomic mass is 16.5. The Morgan fingerprint density at radius 3 is 2.87 bits per heavy atom. The minimum Gasteiger partial charge on any atom is -0.467 e. The highest BCUT2D eigenvalue weighted by Gasteiger charge is 2.14. The van der Waals surface area contributed by atoms with Crippen molar-refractivity contribution < 1.29 is 19.0 Å². The predicted octanol–water partition coefficient (Wildman–Crippen LogP) is 1.64. The van der Waals surface area contributed by atoms with E-state index in [2.05, 4.69) is 15.5 Å². The van der Waals surface area contributed by atoms with E-state index < -0.39 is 6.10 Å². The molecule has 0 aromatic carbocycles. The van der Waals surface area contributed by atoms with Crippen molar-refractivity contribution in [3.8, 4) is 0 Å². The molecular formula is C17H26N2O4. The molecule has 1 unspecified atom stereocenters. The van der Waals surface area contributed by atoms with Gasteiger partial charge in [0.05, 0.1) is 25.6 Å². The van der Waals surface area contributed by atoms with E-state index in [4.69, 9.17) is 13.9 Å². The molecule has 0 saturated carbocycles. The summed E-state index contributed by atoms with van der Waals surface area (Å²) in [5.41, 5.74) is 1.20. The molecule has 0 aliphatic heterocycles. The summed E-state index contributed by atoms with van der Waals surface area (Å²) >= 11 is 0. The van der Waals surface area contributed by atoms with E-state index >= 15 is 0 Å². The number of aliphatic hydroxyl groups is 1. The summed E-state index contributed by atoms with van der Waals surface area (Å²) in [7, 11) is 3.70. The van der Waals surface area contributed by atoms with Gasteiger partial charge in [0.1, 0.15) is 12.4 Å². The van der Waals surface area contributed by atoms with Crippen molar-refractivity contribution in [2.24, 2.45) is 7.05 Å². The number of hydrogen-bond acceptors (Lipinski definition) is 5. The molecule has 0 bridgehead atoms. The van der Waals surface area contributed by atoms with Crippen molar-refractivity contribution >= 4 is 0 Å². The number of ether oxygens (including phenoxy) is 2. The third-order valence-corrected chi connectivity index (χ3v) is 3.65. The SMILES string of the molecule is COCCN(Cc1cccn1C)CC(O)COCc1ccco1. The predicted molar refractivity (Wildman–Crippen MR) is 86.9 cm³/mol. The molecule has 0 amide bonds. The first-order chi connectivity index (χ1) is 11.2. The number of aryl methyl sites for hydroxylation is 1. The van der Waals surface area contributed by atoms with Crippen LogP contribution in [0.5, 0.6) is 0 Å². The number of hydrogen-bond donors (Lipinski definition) is 1. The summed E-state index contributed by atoms with van der Waals surface area (Å²) in [6.07, 6.45) is 3.08. The van der Waals surface area contributed by atoms with Crippen LogP contribution in [0, 0.1) is 0 Å². The maximum absolute atomic E-state index is 10.2. The van der Waals surface area contributed by atoms with E-state index in [1.54, 1.807) is 13.4 Å². The van der Waals surface area contributed by atoms with E-state index in [9.17, 15) is 5.11 Å². The average molecular weight is 322 g/mol. The summed E-state index contributed by atoms with van der Waals surface area (Å²) in [6.45, 7) is 3.34. The van der Waals surface area contributed by atoms with Gasteiger partial charge in [0.15, 0.2) is 0 Å². The fourth-order valence-corrected chi connectivity index (χ4v) is 2.39. The third kappa shape index (κ3) is 6.19. The Labute approximate surface area is 137 Å². The first-order valence-electron chi connectivity index (χ1n) is 7.78. The normalized spacial score (nSPS) is 12.9. The molecule has 2 rings (SSSR count). The molecule has 6 heteroatoms. The molecule has 0 saturated heterocycles. The molecule has 23 heavy (non-hydrogen) atoms. The van der Waals surface area contributed by atoms with Crippen LogP contribution in [-0.4, -0.2) is 54.1 Å². The first kappa shape index (κ1) is 17.7. The van der Waals surface area contributed by atoms with E-state index in [0.29, 0.717) is 19.8 Å². The maximum atomic E-state index is 10.2. The van der Waals surface area contributed by atoms with Gasteiger partial charge in [-0.15, -0.1) is 0 Å². The van der Waals surface area contributed by atoms with Crippen LogP contribution in [0.4, 0.5) is 0 Å². The lowest BCUT2D eigenvalue weighted by atomic mass is 10.3. The molecule has 1 atom stereocenters. The molecule has 128 valence electrons. The van der Waals surface area contributed by atoms with Gasteiger partial charge in [-0.25, -0.2) is 0 Å². The fourth-order valence-electron chi connectivity index (χ4n) is 2.39. The number of aromatic nitrogens is 1. The minimum atomic E-state index is -0.554. The zero-order valence-corrected chi connectivity index (χ0v) is 13.9. The molecule has 6 nitrogen and oxygen atoms in total. The standard InChI is InChI=1S/C17H26N2O4/c1-18-7-3-5-15(18)11-19(8-10-21-2)12-16(20)13-22-14-17-6-4-9-23-17/h3-7,9,16,20H,8,10-14H2,1-2H3. The Balaban J connectivity index is 1.77. The molecule has 2 aromatic rings. The van der Waals surface area contributed by atoms with Crippen LogP contribution in [0.25, 0.3) is 0 Å². The van der Waals surface area contributed by atoms with Crippen LogP contribution in [0.3, 0.4) is 0 Å². The number of aliphatic hydroxyl groups excluding tert-OH is 1. The van der Waals surface area contributed by atoms with Gasteiger partial charge in [0.25, 0.3) is 0 Å². The average Bonchev–Trinajstić information content (AvgIpc) is 3.17. The molecule has 2 heterocycles. The zero-order chi connectivity index (χ0) is 16.5. The molecule has 0 aliphatic carbocycles. The lowest BCUT2D eigenvalue weighted by Gasteiger charge is -2.25. The fraction of sp³-hybridized carbons (Fsp3) is 0.529. The Kier molecular flexibility index (Phi) is 7.35. The topological polar surface area (TPSA) is 60.0 Å². The monoisotopic (exact) mass is 322 g/mol. The van der Waals surface area contributed by atoms with Crippen LogP contribution in [0.2, 0.25) is 0 Å². The summed E-state index contributed by atoms with van der Waals surface area (Å²) in [5, 5.41) is 10.2. The van der Waals surface area contributed by atoms with Gasteiger partial charge in [0.2, 0.25) is 0 Å². The Hall–Kier alpha value is -1.60. The van der Waals surface area contributed by atoms with Crippen LogP contribution in [0.15, 0.2) is 41.1 Å². The van der Waals surface area contributed by atoms with Gasteiger partial charge in [-0.3, -0.25) is 4.90 Å². The summed E-state index contributed by atoms with van der Waals surface area (Å²) in [5.74, 6) is 0.761. The molecular weight excluding hydrogens is 296 g/mol. The van der Waals surface area contributed by atoms with Crippen molar-refractivity contribution in [2.75, 3.05) is 33.4 Å². The van der Waals surface area contributed by atoms with Gasteiger partial charge in [-0.1, -0.05) is 0 Å².